The van der Waals surface area contributed by atoms with Crippen LogP contribution in [0.25, 0.3) is 0 Å². The summed E-state index contributed by atoms with van der Waals surface area (Å²) < 4.78 is 11.1. The van der Waals surface area contributed by atoms with Gasteiger partial charge in [0.2, 0.25) is 0 Å². The van der Waals surface area contributed by atoms with Crippen molar-refractivity contribution in [3.63, 3.8) is 0 Å². The Morgan fingerprint density at radius 1 is 1.33 bits per heavy atom. The topological polar surface area (TPSA) is 68.3 Å². The van der Waals surface area contributed by atoms with Crippen molar-refractivity contribution in [2.45, 2.75) is 46.1 Å². The molecule has 1 aromatic rings. The Kier molecular flexibility index (Phi) is 6.51. The Morgan fingerprint density at radius 3 is 2.62 bits per heavy atom. The third kappa shape index (κ3) is 5.65. The fourth-order valence-corrected chi connectivity index (χ4v) is 1.88. The highest BCUT2D eigenvalue weighted by Crippen LogP contribution is 2.29. The summed E-state index contributed by atoms with van der Waals surface area (Å²) in [6.45, 7) is 6.38. The van der Waals surface area contributed by atoms with Crippen LogP contribution in [0.5, 0.6) is 11.5 Å². The SMILES string of the molecule is CCC(N)Cc1ccc(OCCC(C)(C)C#N)c(OC)c1. The second-order valence-corrected chi connectivity index (χ2v) is 5.95. The largest absolute Gasteiger partial charge is 0.493 e. The van der Waals surface area contributed by atoms with Gasteiger partial charge >= 0.3 is 0 Å². The summed E-state index contributed by atoms with van der Waals surface area (Å²) in [5.41, 5.74) is 6.75. The Morgan fingerprint density at radius 2 is 2.05 bits per heavy atom. The van der Waals surface area contributed by atoms with E-state index in [9.17, 15) is 0 Å². The highest BCUT2D eigenvalue weighted by molar-refractivity contribution is 5.43. The number of benzene rings is 1. The molecule has 0 amide bonds. The molecule has 1 atom stereocenters. The standard InChI is InChI=1S/C17H26N2O2/c1-5-14(19)10-13-6-7-15(16(11-13)20-4)21-9-8-17(2,3)12-18/h6-7,11,14H,5,8-10,19H2,1-4H3. The van der Waals surface area contributed by atoms with E-state index >= 15 is 0 Å². The highest BCUT2D eigenvalue weighted by Gasteiger charge is 2.17. The van der Waals surface area contributed by atoms with Gasteiger partial charge in [-0.2, -0.15) is 5.26 Å². The van der Waals surface area contributed by atoms with Gasteiger partial charge in [0, 0.05) is 6.04 Å². The molecule has 0 aromatic heterocycles. The lowest BCUT2D eigenvalue weighted by Crippen LogP contribution is -2.21. The summed E-state index contributed by atoms with van der Waals surface area (Å²) >= 11 is 0. The molecule has 1 rings (SSSR count). The third-order valence-electron chi connectivity index (χ3n) is 3.54. The van der Waals surface area contributed by atoms with Gasteiger partial charge in [0.25, 0.3) is 0 Å². The number of hydrogen-bond acceptors (Lipinski definition) is 4. The Hall–Kier alpha value is -1.73. The Balaban J connectivity index is 2.69. The van der Waals surface area contributed by atoms with E-state index in [0.29, 0.717) is 24.5 Å². The minimum absolute atomic E-state index is 0.165. The predicted octanol–water partition coefficient (Wildman–Crippen LogP) is 3.29. The van der Waals surface area contributed by atoms with Gasteiger partial charge in [-0.15, -0.1) is 0 Å². The van der Waals surface area contributed by atoms with Crippen LogP contribution in [0.4, 0.5) is 0 Å². The van der Waals surface area contributed by atoms with Crippen molar-refractivity contribution in [3.8, 4) is 17.6 Å². The molecule has 0 saturated carbocycles. The average molecular weight is 290 g/mol. The maximum atomic E-state index is 8.99. The molecule has 0 aliphatic carbocycles. The van der Waals surface area contributed by atoms with Crippen molar-refractivity contribution < 1.29 is 9.47 Å². The van der Waals surface area contributed by atoms with Gasteiger partial charge in [-0.05, 0) is 50.8 Å². The van der Waals surface area contributed by atoms with Gasteiger partial charge in [-0.25, -0.2) is 0 Å². The van der Waals surface area contributed by atoms with Crippen LogP contribution < -0.4 is 15.2 Å². The second-order valence-electron chi connectivity index (χ2n) is 5.95. The number of nitrogens with zero attached hydrogens (tertiary/aromatic N) is 1. The Bertz CT molecular complexity index is 492. The minimum Gasteiger partial charge on any atom is -0.493 e. The molecule has 1 aromatic carbocycles. The van der Waals surface area contributed by atoms with E-state index in [1.807, 2.05) is 32.0 Å². The number of rotatable bonds is 8. The Labute approximate surface area is 127 Å². The first-order valence-electron chi connectivity index (χ1n) is 7.38. The summed E-state index contributed by atoms with van der Waals surface area (Å²) in [5, 5.41) is 8.99. The molecule has 2 N–H and O–H groups in total. The second kappa shape index (κ2) is 7.90. The number of nitrogens with two attached hydrogens (primary N) is 1. The van der Waals surface area contributed by atoms with Crippen LogP contribution in [-0.2, 0) is 6.42 Å². The van der Waals surface area contributed by atoms with Crippen LogP contribution in [0.15, 0.2) is 18.2 Å². The van der Waals surface area contributed by atoms with E-state index in [1.165, 1.54) is 0 Å². The molecular weight excluding hydrogens is 264 g/mol. The fourth-order valence-electron chi connectivity index (χ4n) is 1.88. The molecule has 4 heteroatoms. The van der Waals surface area contributed by atoms with E-state index < -0.39 is 0 Å². The van der Waals surface area contributed by atoms with Gasteiger partial charge in [0.05, 0.1) is 25.2 Å². The summed E-state index contributed by atoms with van der Waals surface area (Å²) in [4.78, 5) is 0. The quantitative estimate of drug-likeness (QED) is 0.797. The lowest BCUT2D eigenvalue weighted by Gasteiger charge is -2.17. The normalized spacial score (nSPS) is 12.6. The molecule has 0 bridgehead atoms. The number of ether oxygens (including phenoxy) is 2. The van der Waals surface area contributed by atoms with E-state index in [0.717, 1.165) is 18.4 Å². The summed E-state index contributed by atoms with van der Waals surface area (Å²) in [6.07, 6.45) is 2.45. The molecule has 0 spiro atoms. The van der Waals surface area contributed by atoms with Crippen LogP contribution >= 0.6 is 0 Å². The molecule has 21 heavy (non-hydrogen) atoms. The first kappa shape index (κ1) is 17.3. The maximum absolute atomic E-state index is 8.99. The summed E-state index contributed by atoms with van der Waals surface area (Å²) in [5.74, 6) is 1.42. The van der Waals surface area contributed by atoms with Crippen LogP contribution in [0, 0.1) is 16.7 Å². The van der Waals surface area contributed by atoms with Crippen LogP contribution in [0.1, 0.15) is 39.2 Å². The van der Waals surface area contributed by atoms with Crippen LogP contribution in [0.3, 0.4) is 0 Å². The number of methoxy groups -OCH3 is 1. The number of nitriles is 1. The first-order chi connectivity index (χ1) is 9.91. The van der Waals surface area contributed by atoms with Gasteiger partial charge in [0.1, 0.15) is 0 Å². The molecule has 0 aliphatic rings. The maximum Gasteiger partial charge on any atom is 0.161 e. The molecule has 1 unspecified atom stereocenters. The van der Waals surface area contributed by atoms with Crippen LogP contribution in [0.2, 0.25) is 0 Å². The summed E-state index contributed by atoms with van der Waals surface area (Å²) in [6, 6.07) is 8.33. The molecule has 0 radical (unpaired) electrons. The van der Waals surface area contributed by atoms with Gasteiger partial charge in [-0.1, -0.05) is 13.0 Å². The minimum atomic E-state index is -0.374. The molecule has 0 saturated heterocycles. The predicted molar refractivity (Wildman–Crippen MR) is 84.5 cm³/mol. The smallest absolute Gasteiger partial charge is 0.161 e. The van der Waals surface area contributed by atoms with E-state index in [4.69, 9.17) is 20.5 Å². The fraction of sp³-hybridized carbons (Fsp3) is 0.588. The van der Waals surface area contributed by atoms with E-state index in [2.05, 4.69) is 13.0 Å². The molecule has 0 heterocycles. The zero-order chi connectivity index (χ0) is 15.9. The van der Waals surface area contributed by atoms with Gasteiger partial charge < -0.3 is 15.2 Å². The first-order valence-corrected chi connectivity index (χ1v) is 7.38. The van der Waals surface area contributed by atoms with Crippen LogP contribution in [-0.4, -0.2) is 19.8 Å². The zero-order valence-electron chi connectivity index (χ0n) is 13.5. The van der Waals surface area contributed by atoms with Crippen molar-refractivity contribution in [1.82, 2.24) is 0 Å². The molecule has 116 valence electrons. The monoisotopic (exact) mass is 290 g/mol. The molecule has 0 aliphatic heterocycles. The van der Waals surface area contributed by atoms with Crippen molar-refractivity contribution in [2.24, 2.45) is 11.1 Å². The summed E-state index contributed by atoms with van der Waals surface area (Å²) in [7, 11) is 1.63. The number of hydrogen-bond donors (Lipinski definition) is 1. The van der Waals surface area contributed by atoms with Gasteiger partial charge in [0.15, 0.2) is 11.5 Å². The van der Waals surface area contributed by atoms with E-state index in [1.54, 1.807) is 7.11 Å². The molecular formula is C17H26N2O2. The molecule has 4 nitrogen and oxygen atoms in total. The highest BCUT2D eigenvalue weighted by atomic mass is 16.5. The zero-order valence-corrected chi connectivity index (χ0v) is 13.5. The third-order valence-corrected chi connectivity index (χ3v) is 3.54. The van der Waals surface area contributed by atoms with Crippen molar-refractivity contribution in [2.75, 3.05) is 13.7 Å². The van der Waals surface area contributed by atoms with Crippen molar-refractivity contribution in [1.29, 1.82) is 5.26 Å². The lowest BCUT2D eigenvalue weighted by molar-refractivity contribution is 0.252. The van der Waals surface area contributed by atoms with Crippen molar-refractivity contribution in [3.05, 3.63) is 23.8 Å². The van der Waals surface area contributed by atoms with Gasteiger partial charge in [-0.3, -0.25) is 0 Å². The van der Waals surface area contributed by atoms with E-state index in [-0.39, 0.29) is 11.5 Å². The lowest BCUT2D eigenvalue weighted by atomic mass is 9.92. The van der Waals surface area contributed by atoms with Crippen molar-refractivity contribution >= 4 is 0 Å². The average Bonchev–Trinajstić information content (AvgIpc) is 2.48. The molecule has 0 fully saturated rings.